The number of benzene rings is 3. The number of hydrogen-bond acceptors (Lipinski definition) is 0. The van der Waals surface area contributed by atoms with E-state index in [1.165, 1.54) is 65.4 Å². The van der Waals surface area contributed by atoms with Gasteiger partial charge in [-0.25, -0.2) is 0 Å². The third-order valence-electron chi connectivity index (χ3n) is 6.10. The van der Waals surface area contributed by atoms with Crippen LogP contribution in [-0.4, -0.2) is 0 Å². The van der Waals surface area contributed by atoms with Gasteiger partial charge in [-0.1, -0.05) is 83.4 Å². The average Bonchev–Trinajstić information content (AvgIpc) is 3.31. The van der Waals surface area contributed by atoms with Crippen LogP contribution < -0.4 is 10.4 Å². The summed E-state index contributed by atoms with van der Waals surface area (Å²) in [6, 6.07) is 20.3. The molecule has 142 valence electrons. The molecule has 3 aromatic carbocycles. The van der Waals surface area contributed by atoms with E-state index in [1.54, 1.807) is 0 Å². The van der Waals surface area contributed by atoms with Crippen molar-refractivity contribution in [1.29, 1.82) is 0 Å². The molecule has 0 fully saturated rings. The first-order chi connectivity index (χ1) is 14.0. The molecule has 0 heterocycles. The van der Waals surface area contributed by atoms with Crippen molar-refractivity contribution in [2.45, 2.75) is 34.1 Å². The quantitative estimate of drug-likeness (QED) is 0.416. The van der Waals surface area contributed by atoms with Crippen molar-refractivity contribution in [3.63, 3.8) is 0 Å². The molecule has 0 heteroatoms. The minimum atomic E-state index is 0.989. The molecule has 0 amide bonds. The molecular formula is C29H26. The molecule has 0 aliphatic heterocycles. The molecule has 0 bridgehead atoms. The van der Waals surface area contributed by atoms with E-state index in [4.69, 9.17) is 0 Å². The van der Waals surface area contributed by atoms with E-state index in [9.17, 15) is 0 Å². The fraction of sp³-hybridized carbons (Fsp3) is 0.172. The van der Waals surface area contributed by atoms with E-state index in [-0.39, 0.29) is 0 Å². The topological polar surface area (TPSA) is 0 Å². The Hall–Kier alpha value is -3.12. The van der Waals surface area contributed by atoms with Crippen LogP contribution in [0.1, 0.15) is 48.1 Å². The Kier molecular flexibility index (Phi) is 4.17. The van der Waals surface area contributed by atoms with Crippen molar-refractivity contribution in [2.24, 2.45) is 0 Å². The molecule has 0 aromatic heterocycles. The van der Waals surface area contributed by atoms with Gasteiger partial charge in [0.25, 0.3) is 0 Å². The van der Waals surface area contributed by atoms with Crippen molar-refractivity contribution < 1.29 is 0 Å². The van der Waals surface area contributed by atoms with Crippen molar-refractivity contribution in [3.05, 3.63) is 115 Å². The standard InChI is InChI=1S/C29H26/c1-18(2)23-12-13-26-24-9-6-5-8-21(24)17-28(26)29(23)27-11-7-10-25(27)22-15-19(3)14-20(4)16-22/h5-10,12-17H,11H2,1-4H3. The van der Waals surface area contributed by atoms with Gasteiger partial charge in [0.2, 0.25) is 0 Å². The molecule has 2 aliphatic rings. The molecule has 0 unspecified atom stereocenters. The molecule has 0 N–H and O–H groups in total. The van der Waals surface area contributed by atoms with Gasteiger partial charge in [-0.3, -0.25) is 0 Å². The molecule has 2 aliphatic carbocycles. The summed E-state index contributed by atoms with van der Waals surface area (Å²) >= 11 is 0. The van der Waals surface area contributed by atoms with Gasteiger partial charge in [0.15, 0.2) is 0 Å². The Labute approximate surface area is 172 Å². The molecule has 29 heavy (non-hydrogen) atoms. The minimum Gasteiger partial charge on any atom is -0.0795 e. The van der Waals surface area contributed by atoms with Crippen LogP contribution in [0.3, 0.4) is 0 Å². The second-order valence-corrected chi connectivity index (χ2v) is 8.56. The van der Waals surface area contributed by atoms with Gasteiger partial charge in [-0.2, -0.15) is 0 Å². The van der Waals surface area contributed by atoms with Crippen molar-refractivity contribution in [1.82, 2.24) is 0 Å². The molecule has 0 radical (unpaired) electrons. The van der Waals surface area contributed by atoms with Crippen LogP contribution in [0.25, 0.3) is 22.8 Å². The molecule has 0 saturated heterocycles. The Morgan fingerprint density at radius 1 is 0.828 bits per heavy atom. The first kappa shape index (κ1) is 17.9. The zero-order valence-electron chi connectivity index (χ0n) is 17.6. The maximum Gasteiger partial charge on any atom is -0.00642 e. The van der Waals surface area contributed by atoms with Crippen LogP contribution in [0.5, 0.6) is 0 Å². The lowest BCUT2D eigenvalue weighted by Crippen LogP contribution is -2.13. The smallest absolute Gasteiger partial charge is 0.00642 e. The minimum absolute atomic E-state index is 0.989. The lowest BCUT2D eigenvalue weighted by atomic mass is 9.89. The predicted molar refractivity (Wildman–Crippen MR) is 125 cm³/mol. The van der Waals surface area contributed by atoms with Gasteiger partial charge in [-0.15, -0.1) is 0 Å². The SMILES string of the molecule is CC(C)=c1ccc2c(c1C1=C(c3cc(C)cc(C)c3)C=CC1)C=c1ccccc1=2. The summed E-state index contributed by atoms with van der Waals surface area (Å²) in [4.78, 5) is 0. The highest BCUT2D eigenvalue weighted by atomic mass is 14.2. The highest BCUT2D eigenvalue weighted by Gasteiger charge is 2.19. The van der Waals surface area contributed by atoms with Gasteiger partial charge in [0.05, 0.1) is 0 Å². The number of allylic oxidation sites excluding steroid dienone is 4. The zero-order valence-corrected chi connectivity index (χ0v) is 17.6. The van der Waals surface area contributed by atoms with Gasteiger partial charge in [0.1, 0.15) is 0 Å². The van der Waals surface area contributed by atoms with E-state index < -0.39 is 0 Å². The van der Waals surface area contributed by atoms with Crippen molar-refractivity contribution in [3.8, 4) is 0 Å². The third kappa shape index (κ3) is 2.91. The van der Waals surface area contributed by atoms with E-state index >= 15 is 0 Å². The first-order valence-electron chi connectivity index (χ1n) is 10.4. The first-order valence-corrected chi connectivity index (χ1v) is 10.4. The third-order valence-corrected chi connectivity index (χ3v) is 6.10. The Morgan fingerprint density at radius 3 is 2.34 bits per heavy atom. The maximum absolute atomic E-state index is 2.39. The van der Waals surface area contributed by atoms with Crippen molar-refractivity contribution in [2.75, 3.05) is 0 Å². The summed E-state index contributed by atoms with van der Waals surface area (Å²) in [5.74, 6) is 0. The van der Waals surface area contributed by atoms with Crippen LogP contribution in [0.4, 0.5) is 0 Å². The van der Waals surface area contributed by atoms with E-state index in [2.05, 4.69) is 101 Å². The van der Waals surface area contributed by atoms with Crippen LogP contribution in [0.15, 0.2) is 66.7 Å². The van der Waals surface area contributed by atoms with Gasteiger partial charge in [0, 0.05) is 0 Å². The van der Waals surface area contributed by atoms with Crippen LogP contribution >= 0.6 is 0 Å². The van der Waals surface area contributed by atoms with E-state index in [1.807, 2.05) is 0 Å². The van der Waals surface area contributed by atoms with Crippen LogP contribution in [-0.2, 0) is 0 Å². The molecule has 0 atom stereocenters. The van der Waals surface area contributed by atoms with Crippen molar-refractivity contribution >= 4 is 22.8 Å². The molecule has 5 rings (SSSR count). The maximum atomic E-state index is 2.39. The molecular weight excluding hydrogens is 348 g/mol. The number of fused-ring (bicyclic) bond motifs is 2. The predicted octanol–water partition coefficient (Wildman–Crippen LogP) is 5.79. The van der Waals surface area contributed by atoms with Gasteiger partial charge >= 0.3 is 0 Å². The number of rotatable bonds is 2. The Bertz CT molecular complexity index is 1420. The summed E-state index contributed by atoms with van der Waals surface area (Å²) in [5.41, 5.74) is 11.0. The summed E-state index contributed by atoms with van der Waals surface area (Å²) in [6.45, 7) is 8.84. The lowest BCUT2D eigenvalue weighted by Gasteiger charge is -2.14. The number of hydrogen-bond donors (Lipinski definition) is 0. The summed E-state index contributed by atoms with van der Waals surface area (Å²) in [6.07, 6.45) is 8.01. The highest BCUT2D eigenvalue weighted by molar-refractivity contribution is 6.00. The van der Waals surface area contributed by atoms with E-state index in [0.717, 1.165) is 6.42 Å². The summed E-state index contributed by atoms with van der Waals surface area (Å²) in [5, 5.41) is 5.41. The highest BCUT2D eigenvalue weighted by Crippen LogP contribution is 2.37. The normalized spacial score (nSPS) is 14.1. The second kappa shape index (κ2) is 6.74. The molecule has 0 nitrogen and oxygen atoms in total. The Balaban J connectivity index is 1.90. The van der Waals surface area contributed by atoms with Gasteiger partial charge < -0.3 is 0 Å². The second-order valence-electron chi connectivity index (χ2n) is 8.56. The summed E-state index contributed by atoms with van der Waals surface area (Å²) < 4.78 is 0. The lowest BCUT2D eigenvalue weighted by molar-refractivity contribution is 1.34. The average molecular weight is 375 g/mol. The van der Waals surface area contributed by atoms with Crippen LogP contribution in [0.2, 0.25) is 0 Å². The monoisotopic (exact) mass is 374 g/mol. The molecule has 0 spiro atoms. The fourth-order valence-electron chi connectivity index (χ4n) is 4.91. The van der Waals surface area contributed by atoms with Gasteiger partial charge in [-0.05, 0) is 88.9 Å². The van der Waals surface area contributed by atoms with Crippen LogP contribution in [0, 0.1) is 24.3 Å². The summed E-state index contributed by atoms with van der Waals surface area (Å²) in [7, 11) is 0. The fourth-order valence-corrected chi connectivity index (χ4v) is 4.91. The molecule has 3 aromatic rings. The zero-order chi connectivity index (χ0) is 20.1. The largest absolute Gasteiger partial charge is 0.0795 e. The Morgan fingerprint density at radius 2 is 1.59 bits per heavy atom. The van der Waals surface area contributed by atoms with E-state index in [0.29, 0.717) is 0 Å². The molecule has 0 saturated carbocycles. The number of aryl methyl sites for hydroxylation is 2.